The molecule has 1 unspecified atom stereocenters. The molecule has 0 radical (unpaired) electrons. The molecule has 3 fully saturated rings. The number of methoxy groups -OCH3 is 2. The van der Waals surface area contributed by atoms with Gasteiger partial charge in [-0.2, -0.15) is 0 Å². The first kappa shape index (κ1) is 17.9. The van der Waals surface area contributed by atoms with Crippen LogP contribution in [0.3, 0.4) is 0 Å². The SMILES string of the molecule is CC[C@@H]1CN2CC[C@H]1C[C@@H]2COC(=O)Nc1cc(OC)cc(OC)c1. The zero-order valence-corrected chi connectivity index (χ0v) is 15.3. The monoisotopic (exact) mass is 348 g/mol. The predicted octanol–water partition coefficient (Wildman–Crippen LogP) is 3.37. The van der Waals surface area contributed by atoms with Gasteiger partial charge in [0.2, 0.25) is 0 Å². The van der Waals surface area contributed by atoms with E-state index in [4.69, 9.17) is 14.2 Å². The van der Waals surface area contributed by atoms with Crippen molar-refractivity contribution in [3.63, 3.8) is 0 Å². The summed E-state index contributed by atoms with van der Waals surface area (Å²) >= 11 is 0. The van der Waals surface area contributed by atoms with Gasteiger partial charge < -0.3 is 14.2 Å². The Morgan fingerprint density at radius 1 is 1.24 bits per heavy atom. The minimum Gasteiger partial charge on any atom is -0.497 e. The largest absolute Gasteiger partial charge is 0.497 e. The Hall–Kier alpha value is -1.95. The number of hydrogen-bond acceptors (Lipinski definition) is 5. The van der Waals surface area contributed by atoms with Crippen LogP contribution in [0.1, 0.15) is 26.2 Å². The molecule has 0 spiro atoms. The van der Waals surface area contributed by atoms with Crippen LogP contribution in [-0.2, 0) is 4.74 Å². The van der Waals surface area contributed by atoms with Crippen LogP contribution in [0.15, 0.2) is 18.2 Å². The number of nitrogens with one attached hydrogen (secondary N) is 1. The number of ether oxygens (including phenoxy) is 3. The van der Waals surface area contributed by atoms with E-state index in [2.05, 4.69) is 17.1 Å². The maximum Gasteiger partial charge on any atom is 0.411 e. The van der Waals surface area contributed by atoms with Crippen LogP contribution in [0.5, 0.6) is 11.5 Å². The Labute approximate surface area is 149 Å². The van der Waals surface area contributed by atoms with Crippen molar-refractivity contribution < 1.29 is 19.0 Å². The van der Waals surface area contributed by atoms with Gasteiger partial charge in [0.25, 0.3) is 0 Å². The van der Waals surface area contributed by atoms with E-state index in [1.165, 1.54) is 12.8 Å². The fraction of sp³-hybridized carbons (Fsp3) is 0.632. The first-order valence-electron chi connectivity index (χ1n) is 9.03. The number of fused-ring (bicyclic) bond motifs is 3. The summed E-state index contributed by atoms with van der Waals surface area (Å²) in [6.45, 7) is 4.99. The van der Waals surface area contributed by atoms with Crippen molar-refractivity contribution in [3.8, 4) is 11.5 Å². The van der Waals surface area contributed by atoms with E-state index in [-0.39, 0.29) is 0 Å². The standard InChI is InChI=1S/C19H28N2O4/c1-4-13-11-21-6-5-14(13)7-16(21)12-25-19(22)20-15-8-17(23-2)10-18(9-15)24-3/h8-10,13-14,16H,4-7,11-12H2,1-3H3,(H,20,22)/t13-,14+,16-/m1/s1. The summed E-state index contributed by atoms with van der Waals surface area (Å²) in [5.41, 5.74) is 0.595. The van der Waals surface area contributed by atoms with Gasteiger partial charge in [0.05, 0.1) is 19.9 Å². The fourth-order valence-electron chi connectivity index (χ4n) is 4.09. The van der Waals surface area contributed by atoms with Crippen LogP contribution < -0.4 is 14.8 Å². The number of nitrogens with zero attached hydrogens (tertiary/aromatic N) is 1. The molecular formula is C19H28N2O4. The van der Waals surface area contributed by atoms with Gasteiger partial charge in [-0.05, 0) is 31.2 Å². The quantitative estimate of drug-likeness (QED) is 0.854. The molecule has 0 aromatic heterocycles. The number of carbonyl (C=O) groups excluding carboxylic acids is 1. The zero-order valence-electron chi connectivity index (χ0n) is 15.3. The number of hydrogen-bond donors (Lipinski definition) is 1. The second-order valence-corrected chi connectivity index (χ2v) is 6.93. The third-order valence-corrected chi connectivity index (χ3v) is 5.54. The van der Waals surface area contributed by atoms with Crippen LogP contribution in [0.2, 0.25) is 0 Å². The van der Waals surface area contributed by atoms with Gasteiger partial charge in [0.15, 0.2) is 0 Å². The van der Waals surface area contributed by atoms with Gasteiger partial charge in [-0.25, -0.2) is 4.79 Å². The topological polar surface area (TPSA) is 60.0 Å². The molecule has 3 aliphatic rings. The van der Waals surface area contributed by atoms with Crippen molar-refractivity contribution in [1.29, 1.82) is 0 Å². The minimum absolute atomic E-state index is 0.354. The molecular weight excluding hydrogens is 320 g/mol. The summed E-state index contributed by atoms with van der Waals surface area (Å²) in [5.74, 6) is 2.84. The molecule has 25 heavy (non-hydrogen) atoms. The number of benzene rings is 1. The molecule has 0 aliphatic carbocycles. The molecule has 6 heteroatoms. The predicted molar refractivity (Wildman–Crippen MR) is 96.4 cm³/mol. The van der Waals surface area contributed by atoms with Crippen LogP contribution >= 0.6 is 0 Å². The number of amides is 1. The summed E-state index contributed by atoms with van der Waals surface area (Å²) in [6.07, 6.45) is 3.22. The van der Waals surface area contributed by atoms with Gasteiger partial charge in [-0.15, -0.1) is 0 Å². The van der Waals surface area contributed by atoms with E-state index in [1.54, 1.807) is 32.4 Å². The summed E-state index contributed by atoms with van der Waals surface area (Å²) in [7, 11) is 3.15. The molecule has 1 N–H and O–H groups in total. The summed E-state index contributed by atoms with van der Waals surface area (Å²) in [4.78, 5) is 14.6. The highest BCUT2D eigenvalue weighted by molar-refractivity contribution is 5.85. The van der Waals surface area contributed by atoms with E-state index in [9.17, 15) is 4.79 Å². The number of piperidine rings is 3. The third kappa shape index (κ3) is 4.18. The van der Waals surface area contributed by atoms with E-state index in [0.29, 0.717) is 29.8 Å². The number of rotatable bonds is 6. The Morgan fingerprint density at radius 2 is 1.96 bits per heavy atom. The van der Waals surface area contributed by atoms with E-state index in [1.807, 2.05) is 0 Å². The lowest BCUT2D eigenvalue weighted by Gasteiger charge is -2.49. The maximum absolute atomic E-state index is 12.1. The van der Waals surface area contributed by atoms with E-state index < -0.39 is 6.09 Å². The molecule has 1 aromatic carbocycles. The molecule has 6 nitrogen and oxygen atoms in total. The highest BCUT2D eigenvalue weighted by atomic mass is 16.5. The lowest BCUT2D eigenvalue weighted by Crippen LogP contribution is -2.54. The van der Waals surface area contributed by atoms with E-state index >= 15 is 0 Å². The molecule has 4 atom stereocenters. The normalized spacial score (nSPS) is 27.6. The molecule has 3 aliphatic heterocycles. The van der Waals surface area contributed by atoms with Crippen molar-refractivity contribution in [2.24, 2.45) is 11.8 Å². The van der Waals surface area contributed by atoms with Crippen molar-refractivity contribution in [3.05, 3.63) is 18.2 Å². The van der Waals surface area contributed by atoms with Gasteiger partial charge in [-0.3, -0.25) is 10.2 Å². The van der Waals surface area contributed by atoms with Crippen molar-refractivity contribution in [1.82, 2.24) is 4.90 Å². The number of anilines is 1. The molecule has 1 aromatic rings. The lowest BCUT2D eigenvalue weighted by molar-refractivity contribution is -0.0240. The Morgan fingerprint density at radius 3 is 2.52 bits per heavy atom. The Bertz CT molecular complexity index is 585. The minimum atomic E-state index is -0.440. The van der Waals surface area contributed by atoms with Crippen molar-refractivity contribution in [2.45, 2.75) is 32.2 Å². The van der Waals surface area contributed by atoms with Gasteiger partial charge in [0, 0.05) is 30.8 Å². The van der Waals surface area contributed by atoms with E-state index in [0.717, 1.165) is 31.3 Å². The molecule has 4 rings (SSSR count). The van der Waals surface area contributed by atoms with Gasteiger partial charge in [-0.1, -0.05) is 13.3 Å². The average Bonchev–Trinajstić information content (AvgIpc) is 2.66. The lowest BCUT2D eigenvalue weighted by atomic mass is 9.75. The first-order valence-corrected chi connectivity index (χ1v) is 9.03. The second kappa shape index (κ2) is 7.95. The molecule has 3 saturated heterocycles. The summed E-state index contributed by atoms with van der Waals surface area (Å²) < 4.78 is 15.9. The Kier molecular flexibility index (Phi) is 5.68. The van der Waals surface area contributed by atoms with Crippen LogP contribution in [0, 0.1) is 11.8 Å². The maximum atomic E-state index is 12.1. The zero-order chi connectivity index (χ0) is 17.8. The Balaban J connectivity index is 1.52. The van der Waals surface area contributed by atoms with Crippen LogP contribution in [0.4, 0.5) is 10.5 Å². The molecule has 2 bridgehead atoms. The van der Waals surface area contributed by atoms with Gasteiger partial charge in [0.1, 0.15) is 18.1 Å². The smallest absolute Gasteiger partial charge is 0.411 e. The van der Waals surface area contributed by atoms with Crippen LogP contribution in [0.25, 0.3) is 0 Å². The average molecular weight is 348 g/mol. The number of carbonyl (C=O) groups is 1. The molecule has 0 saturated carbocycles. The first-order chi connectivity index (χ1) is 12.1. The molecule has 1 amide bonds. The highest BCUT2D eigenvalue weighted by Crippen LogP contribution is 2.37. The van der Waals surface area contributed by atoms with Crippen molar-refractivity contribution >= 4 is 11.8 Å². The highest BCUT2D eigenvalue weighted by Gasteiger charge is 2.39. The fourth-order valence-corrected chi connectivity index (χ4v) is 4.09. The second-order valence-electron chi connectivity index (χ2n) is 6.93. The molecule has 138 valence electrons. The molecule has 3 heterocycles. The van der Waals surface area contributed by atoms with Crippen LogP contribution in [-0.4, -0.2) is 51.0 Å². The van der Waals surface area contributed by atoms with Gasteiger partial charge >= 0.3 is 6.09 Å². The van der Waals surface area contributed by atoms with Crippen molar-refractivity contribution in [2.75, 3.05) is 39.2 Å². The third-order valence-electron chi connectivity index (χ3n) is 5.54. The summed E-state index contributed by atoms with van der Waals surface area (Å²) in [6, 6.07) is 5.59. The summed E-state index contributed by atoms with van der Waals surface area (Å²) in [5, 5.41) is 2.76.